The van der Waals surface area contributed by atoms with Gasteiger partial charge in [0.1, 0.15) is 12.1 Å². The van der Waals surface area contributed by atoms with Crippen molar-refractivity contribution in [1.82, 2.24) is 0 Å². The number of hydrogen-bond donors (Lipinski definition) is 1. The predicted molar refractivity (Wildman–Crippen MR) is 60.0 cm³/mol. The van der Waals surface area contributed by atoms with Gasteiger partial charge in [-0.15, -0.1) is 0 Å². The molecule has 1 heterocycles. The second-order valence-corrected chi connectivity index (χ2v) is 4.37. The first-order chi connectivity index (χ1) is 7.35. The van der Waals surface area contributed by atoms with Crippen LogP contribution in [0, 0.1) is 5.92 Å². The summed E-state index contributed by atoms with van der Waals surface area (Å²) in [5.74, 6) is 1.34. The van der Waals surface area contributed by atoms with Crippen molar-refractivity contribution in [3.63, 3.8) is 0 Å². The fraction of sp³-hybridized carbons (Fsp3) is 0.750. The lowest BCUT2D eigenvalue weighted by Crippen LogP contribution is -2.24. The van der Waals surface area contributed by atoms with E-state index in [1.807, 2.05) is 0 Å². The Morgan fingerprint density at radius 1 is 1.40 bits per heavy atom. The number of aliphatic imine (C=N–C) groups is 1. The average molecular weight is 209 g/mol. The highest BCUT2D eigenvalue weighted by Crippen LogP contribution is 2.29. The van der Waals surface area contributed by atoms with Crippen molar-refractivity contribution >= 4 is 5.90 Å². The Morgan fingerprint density at radius 3 is 2.67 bits per heavy atom. The maximum absolute atomic E-state index is 9.15. The van der Waals surface area contributed by atoms with Crippen molar-refractivity contribution in [2.75, 3.05) is 6.61 Å². The van der Waals surface area contributed by atoms with Gasteiger partial charge in [-0.1, -0.05) is 25.8 Å². The van der Waals surface area contributed by atoms with E-state index in [9.17, 15) is 0 Å². The summed E-state index contributed by atoms with van der Waals surface area (Å²) < 4.78 is 5.73. The molecule has 0 amide bonds. The summed E-state index contributed by atoms with van der Waals surface area (Å²) in [5, 5.41) is 9.15. The minimum absolute atomic E-state index is 0.0485. The first-order valence-electron chi connectivity index (χ1n) is 5.83. The molecule has 3 heteroatoms. The minimum atomic E-state index is -0.126. The maximum Gasteiger partial charge on any atom is 0.187 e. The molecule has 2 aliphatic rings. The van der Waals surface area contributed by atoms with E-state index in [4.69, 9.17) is 9.84 Å². The summed E-state index contributed by atoms with van der Waals surface area (Å²) in [4.78, 5) is 4.46. The zero-order valence-corrected chi connectivity index (χ0v) is 9.06. The van der Waals surface area contributed by atoms with E-state index < -0.39 is 0 Å². The summed E-state index contributed by atoms with van der Waals surface area (Å²) in [6, 6.07) is -0.126. The molecule has 0 bridgehead atoms. The maximum atomic E-state index is 9.15. The number of aliphatic hydroxyl groups is 1. The van der Waals surface area contributed by atoms with Gasteiger partial charge in [-0.3, -0.25) is 0 Å². The zero-order chi connectivity index (χ0) is 10.7. The number of nitrogens with zero attached hydrogens (tertiary/aromatic N) is 1. The van der Waals surface area contributed by atoms with Gasteiger partial charge in [0, 0.05) is 5.92 Å². The SMILES string of the molecule is C=C[C@@H]1OC(C2CCCCC2)=N[C@H]1CO. The van der Waals surface area contributed by atoms with E-state index in [2.05, 4.69) is 11.6 Å². The van der Waals surface area contributed by atoms with Crippen molar-refractivity contribution in [2.24, 2.45) is 10.9 Å². The van der Waals surface area contributed by atoms with Crippen LogP contribution in [0.4, 0.5) is 0 Å². The highest BCUT2D eigenvalue weighted by Gasteiger charge is 2.32. The molecule has 0 aromatic carbocycles. The molecule has 0 radical (unpaired) electrons. The lowest BCUT2D eigenvalue weighted by atomic mass is 9.89. The number of hydrogen-bond acceptors (Lipinski definition) is 3. The number of ether oxygens (including phenoxy) is 1. The van der Waals surface area contributed by atoms with Crippen molar-refractivity contribution in [1.29, 1.82) is 0 Å². The molecule has 2 atom stereocenters. The first kappa shape index (κ1) is 10.7. The van der Waals surface area contributed by atoms with Gasteiger partial charge in [-0.05, 0) is 18.9 Å². The van der Waals surface area contributed by atoms with Gasteiger partial charge in [0.25, 0.3) is 0 Å². The molecule has 15 heavy (non-hydrogen) atoms. The molecule has 84 valence electrons. The van der Waals surface area contributed by atoms with E-state index in [1.165, 1.54) is 32.1 Å². The molecular formula is C12H19NO2. The fourth-order valence-electron chi connectivity index (χ4n) is 2.39. The van der Waals surface area contributed by atoms with E-state index in [0.29, 0.717) is 5.92 Å². The van der Waals surface area contributed by atoms with Gasteiger partial charge in [-0.2, -0.15) is 0 Å². The first-order valence-corrected chi connectivity index (χ1v) is 5.83. The van der Waals surface area contributed by atoms with E-state index in [-0.39, 0.29) is 18.8 Å². The Hall–Kier alpha value is -0.830. The predicted octanol–water partition coefficient (Wildman–Crippen LogP) is 1.91. The van der Waals surface area contributed by atoms with Crippen LogP contribution in [0.5, 0.6) is 0 Å². The summed E-state index contributed by atoms with van der Waals surface area (Å²) in [6.45, 7) is 3.76. The van der Waals surface area contributed by atoms with E-state index >= 15 is 0 Å². The fourth-order valence-corrected chi connectivity index (χ4v) is 2.39. The lowest BCUT2D eigenvalue weighted by molar-refractivity contribution is 0.175. The van der Waals surface area contributed by atoms with Gasteiger partial charge in [-0.25, -0.2) is 4.99 Å². The molecule has 1 fully saturated rings. The molecule has 1 saturated carbocycles. The van der Waals surface area contributed by atoms with Crippen LogP contribution in [0.3, 0.4) is 0 Å². The van der Waals surface area contributed by atoms with Crippen molar-refractivity contribution < 1.29 is 9.84 Å². The van der Waals surface area contributed by atoms with Crippen LogP contribution in [-0.2, 0) is 4.74 Å². The summed E-state index contributed by atoms with van der Waals surface area (Å²) in [6.07, 6.45) is 7.86. The van der Waals surface area contributed by atoms with E-state index in [0.717, 1.165) is 5.90 Å². The van der Waals surface area contributed by atoms with Gasteiger partial charge in [0.15, 0.2) is 5.90 Å². The Labute approximate surface area is 90.9 Å². The molecule has 1 aliphatic heterocycles. The van der Waals surface area contributed by atoms with Gasteiger partial charge >= 0.3 is 0 Å². The largest absolute Gasteiger partial charge is 0.471 e. The summed E-state index contributed by atoms with van der Waals surface area (Å²) in [5.41, 5.74) is 0. The number of aliphatic hydroxyl groups excluding tert-OH is 1. The van der Waals surface area contributed by atoms with Crippen LogP contribution < -0.4 is 0 Å². The second-order valence-electron chi connectivity index (χ2n) is 4.37. The Balaban J connectivity index is 2.00. The summed E-state index contributed by atoms with van der Waals surface area (Å²) >= 11 is 0. The molecule has 0 unspecified atom stereocenters. The molecule has 0 aromatic rings. The summed E-state index contributed by atoms with van der Waals surface area (Å²) in [7, 11) is 0. The van der Waals surface area contributed by atoms with Crippen LogP contribution in [0.15, 0.2) is 17.6 Å². The van der Waals surface area contributed by atoms with Crippen LogP contribution in [0.1, 0.15) is 32.1 Å². The van der Waals surface area contributed by atoms with Gasteiger partial charge in [0.05, 0.1) is 6.61 Å². The smallest absolute Gasteiger partial charge is 0.187 e. The Kier molecular flexibility index (Phi) is 3.41. The molecule has 0 aromatic heterocycles. The second kappa shape index (κ2) is 4.79. The van der Waals surface area contributed by atoms with Crippen LogP contribution in [0.25, 0.3) is 0 Å². The molecule has 3 nitrogen and oxygen atoms in total. The molecule has 0 spiro atoms. The molecule has 0 saturated heterocycles. The standard InChI is InChI=1S/C12H19NO2/c1-2-11-10(8-14)13-12(15-11)9-6-4-3-5-7-9/h2,9-11,14H,1,3-8H2/t10-,11-/m0/s1. The Bertz CT molecular complexity index is 256. The van der Waals surface area contributed by atoms with E-state index in [1.54, 1.807) is 6.08 Å². The molecule has 2 rings (SSSR count). The highest BCUT2D eigenvalue weighted by atomic mass is 16.5. The number of rotatable bonds is 3. The van der Waals surface area contributed by atoms with Crippen LogP contribution in [0.2, 0.25) is 0 Å². The molecular weight excluding hydrogens is 190 g/mol. The third-order valence-electron chi connectivity index (χ3n) is 3.30. The highest BCUT2D eigenvalue weighted by molar-refractivity contribution is 5.81. The third-order valence-corrected chi connectivity index (χ3v) is 3.30. The average Bonchev–Trinajstić information content (AvgIpc) is 2.73. The Morgan fingerprint density at radius 2 is 2.13 bits per heavy atom. The topological polar surface area (TPSA) is 41.8 Å². The quantitative estimate of drug-likeness (QED) is 0.721. The lowest BCUT2D eigenvalue weighted by Gasteiger charge is -2.21. The van der Waals surface area contributed by atoms with Gasteiger partial charge < -0.3 is 9.84 Å². The monoisotopic (exact) mass is 209 g/mol. The van der Waals surface area contributed by atoms with Gasteiger partial charge in [0.2, 0.25) is 0 Å². The van der Waals surface area contributed by atoms with Crippen LogP contribution in [-0.4, -0.2) is 29.8 Å². The molecule has 1 aliphatic carbocycles. The third kappa shape index (κ3) is 2.23. The normalized spacial score (nSPS) is 32.2. The van der Waals surface area contributed by atoms with Crippen molar-refractivity contribution in [3.8, 4) is 0 Å². The van der Waals surface area contributed by atoms with Crippen LogP contribution >= 0.6 is 0 Å². The molecule has 1 N–H and O–H groups in total. The van der Waals surface area contributed by atoms with Crippen molar-refractivity contribution in [3.05, 3.63) is 12.7 Å². The minimum Gasteiger partial charge on any atom is -0.471 e. The van der Waals surface area contributed by atoms with Crippen molar-refractivity contribution in [2.45, 2.75) is 44.2 Å². The zero-order valence-electron chi connectivity index (χ0n) is 9.06.